The zero-order valence-corrected chi connectivity index (χ0v) is 24.4. The second-order valence-corrected chi connectivity index (χ2v) is 11.2. The van der Waals surface area contributed by atoms with Gasteiger partial charge >= 0.3 is 18.0 Å². The van der Waals surface area contributed by atoms with Crippen LogP contribution in [0.3, 0.4) is 0 Å². The highest BCUT2D eigenvalue weighted by Crippen LogP contribution is 2.23. The molecule has 0 aromatic heterocycles. The molecule has 0 bridgehead atoms. The molecule has 0 aliphatic carbocycles. The quantitative estimate of drug-likeness (QED) is 0.266. The SMILES string of the molecule is CC[C@H](C)[C@H](NC(=O)[C@@H](NC(=O)C(F)(F)[C@H](O)[C@H](C)NC(=O)OC(C)(C)C)C(C)C)C(=O)OCc1ccccc1. The summed E-state index contributed by atoms with van der Waals surface area (Å²) in [6.45, 7) is 12.4. The minimum atomic E-state index is -4.38. The second kappa shape index (κ2) is 14.9. The van der Waals surface area contributed by atoms with E-state index in [0.717, 1.165) is 12.5 Å². The van der Waals surface area contributed by atoms with Gasteiger partial charge in [0.1, 0.15) is 30.4 Å². The predicted molar refractivity (Wildman–Crippen MR) is 144 cm³/mol. The van der Waals surface area contributed by atoms with E-state index in [4.69, 9.17) is 9.47 Å². The fraction of sp³-hybridized carbons (Fsp3) is 0.643. The van der Waals surface area contributed by atoms with Crippen molar-refractivity contribution in [2.45, 2.75) is 104 Å². The number of alkyl halides is 2. The van der Waals surface area contributed by atoms with Crippen LogP contribution in [0.2, 0.25) is 0 Å². The summed E-state index contributed by atoms with van der Waals surface area (Å²) in [5.41, 5.74) is -0.165. The molecule has 0 heterocycles. The number of carbonyl (C=O) groups is 4. The molecule has 0 spiro atoms. The van der Waals surface area contributed by atoms with Crippen LogP contribution in [-0.2, 0) is 30.5 Å². The van der Waals surface area contributed by atoms with Crippen LogP contribution in [0.1, 0.15) is 67.4 Å². The summed E-state index contributed by atoms with van der Waals surface area (Å²) in [5, 5.41) is 16.8. The first kappa shape index (κ1) is 34.7. The van der Waals surface area contributed by atoms with Gasteiger partial charge in [-0.25, -0.2) is 9.59 Å². The summed E-state index contributed by atoms with van der Waals surface area (Å²) >= 11 is 0. The van der Waals surface area contributed by atoms with Crippen LogP contribution in [0.15, 0.2) is 30.3 Å². The highest BCUT2D eigenvalue weighted by molar-refractivity contribution is 5.93. The van der Waals surface area contributed by atoms with Crippen LogP contribution in [0.25, 0.3) is 0 Å². The molecule has 40 heavy (non-hydrogen) atoms. The van der Waals surface area contributed by atoms with Crippen LogP contribution in [0, 0.1) is 11.8 Å². The number of aliphatic hydroxyl groups is 1. The smallest absolute Gasteiger partial charge is 0.407 e. The maximum Gasteiger partial charge on any atom is 0.407 e. The molecule has 3 amide bonds. The highest BCUT2D eigenvalue weighted by Gasteiger charge is 2.50. The molecular formula is C28H43F2N3O7. The van der Waals surface area contributed by atoms with Crippen molar-refractivity contribution >= 4 is 23.9 Å². The Bertz CT molecular complexity index is 999. The predicted octanol–water partition coefficient (Wildman–Crippen LogP) is 3.31. The van der Waals surface area contributed by atoms with Crippen molar-refractivity contribution in [2.24, 2.45) is 11.8 Å². The number of benzene rings is 1. The number of aliphatic hydroxyl groups excluding tert-OH is 1. The van der Waals surface area contributed by atoms with Crippen LogP contribution >= 0.6 is 0 Å². The van der Waals surface area contributed by atoms with Gasteiger partial charge in [0, 0.05) is 0 Å². The first-order chi connectivity index (χ1) is 18.4. The molecule has 0 fully saturated rings. The van der Waals surface area contributed by atoms with E-state index in [1.807, 2.05) is 18.3 Å². The van der Waals surface area contributed by atoms with Gasteiger partial charge in [-0.1, -0.05) is 64.4 Å². The third-order valence-electron chi connectivity index (χ3n) is 6.12. The summed E-state index contributed by atoms with van der Waals surface area (Å²) < 4.78 is 40.2. The first-order valence-electron chi connectivity index (χ1n) is 13.3. The molecule has 0 aliphatic rings. The fourth-order valence-corrected chi connectivity index (χ4v) is 3.52. The van der Waals surface area contributed by atoms with Crippen molar-refractivity contribution in [3.05, 3.63) is 35.9 Å². The van der Waals surface area contributed by atoms with Crippen molar-refractivity contribution in [3.8, 4) is 0 Å². The summed E-state index contributed by atoms with van der Waals surface area (Å²) in [5.74, 6) is -8.89. The molecule has 0 saturated carbocycles. The minimum absolute atomic E-state index is 0.0214. The normalized spacial score (nSPS) is 15.7. The number of carbonyl (C=O) groups excluding carboxylic acids is 4. The van der Waals surface area contributed by atoms with E-state index in [-0.39, 0.29) is 12.5 Å². The summed E-state index contributed by atoms with van der Waals surface area (Å²) in [7, 11) is 0. The number of rotatable bonds is 13. The molecule has 1 aromatic rings. The topological polar surface area (TPSA) is 143 Å². The van der Waals surface area contributed by atoms with E-state index in [9.17, 15) is 33.1 Å². The lowest BCUT2D eigenvalue weighted by Crippen LogP contribution is -2.61. The average molecular weight is 572 g/mol. The Hall–Kier alpha value is -3.28. The molecule has 0 unspecified atom stereocenters. The maximum atomic E-state index is 14.9. The van der Waals surface area contributed by atoms with Crippen molar-refractivity contribution < 1.29 is 42.5 Å². The molecule has 12 heteroatoms. The molecule has 1 rings (SSSR count). The molecule has 1 aromatic carbocycles. The Labute approximate surface area is 234 Å². The fourth-order valence-electron chi connectivity index (χ4n) is 3.52. The number of esters is 1. The van der Waals surface area contributed by atoms with Crippen LogP contribution in [0.4, 0.5) is 13.6 Å². The number of hydrogen-bond acceptors (Lipinski definition) is 7. The van der Waals surface area contributed by atoms with Gasteiger partial charge in [-0.15, -0.1) is 0 Å². The van der Waals surface area contributed by atoms with Crippen molar-refractivity contribution in [2.75, 3.05) is 0 Å². The number of alkyl carbamates (subject to hydrolysis) is 1. The standard InChI is InChI=1S/C28H43F2N3O7/c1-9-17(4)21(24(36)39-15-19-13-11-10-12-14-19)32-23(35)20(16(2)3)33-25(37)28(29,30)22(34)18(5)31-26(38)40-27(6,7)8/h10-14,16-18,20-22,34H,9,15H2,1-8H3,(H,31,38)(H,32,35)(H,33,37)/t17-,18-,20-,21-,22+/m0/s1. The van der Waals surface area contributed by atoms with E-state index in [1.54, 1.807) is 52.0 Å². The zero-order chi connectivity index (χ0) is 30.8. The lowest BCUT2D eigenvalue weighted by molar-refractivity contribution is -0.168. The Morgan fingerprint density at radius 1 is 0.925 bits per heavy atom. The monoisotopic (exact) mass is 571 g/mol. The lowest BCUT2D eigenvalue weighted by atomic mass is 9.96. The van der Waals surface area contributed by atoms with Crippen LogP contribution in [-0.4, -0.2) is 64.7 Å². The molecule has 5 atom stereocenters. The van der Waals surface area contributed by atoms with Crippen molar-refractivity contribution in [1.29, 1.82) is 0 Å². The minimum Gasteiger partial charge on any atom is -0.459 e. The second-order valence-electron chi connectivity index (χ2n) is 11.2. The number of hydrogen-bond donors (Lipinski definition) is 4. The Morgan fingerprint density at radius 3 is 2.00 bits per heavy atom. The van der Waals surface area contributed by atoms with Gasteiger partial charge in [0.05, 0.1) is 6.04 Å². The average Bonchev–Trinajstić information content (AvgIpc) is 2.86. The van der Waals surface area contributed by atoms with E-state index < -0.39 is 65.5 Å². The molecule has 4 N–H and O–H groups in total. The first-order valence-corrected chi connectivity index (χ1v) is 13.3. The Kier molecular flexibility index (Phi) is 13.0. The van der Waals surface area contributed by atoms with E-state index in [1.165, 1.54) is 13.8 Å². The molecule has 0 radical (unpaired) electrons. The van der Waals surface area contributed by atoms with Crippen LogP contribution in [0.5, 0.6) is 0 Å². The van der Waals surface area contributed by atoms with E-state index >= 15 is 0 Å². The largest absolute Gasteiger partial charge is 0.459 e. The number of halogens is 2. The maximum absolute atomic E-state index is 14.9. The van der Waals surface area contributed by atoms with Gasteiger partial charge in [0.25, 0.3) is 5.91 Å². The van der Waals surface area contributed by atoms with Crippen molar-refractivity contribution in [3.63, 3.8) is 0 Å². The molecule has 226 valence electrons. The third-order valence-corrected chi connectivity index (χ3v) is 6.12. The van der Waals surface area contributed by atoms with E-state index in [2.05, 4.69) is 10.6 Å². The third kappa shape index (κ3) is 10.7. The van der Waals surface area contributed by atoms with Gasteiger partial charge in [-0.2, -0.15) is 8.78 Å². The van der Waals surface area contributed by atoms with Gasteiger partial charge < -0.3 is 30.5 Å². The zero-order valence-electron chi connectivity index (χ0n) is 24.4. The summed E-state index contributed by atoms with van der Waals surface area (Å²) in [6, 6.07) is 4.80. The summed E-state index contributed by atoms with van der Waals surface area (Å²) in [4.78, 5) is 50.5. The van der Waals surface area contributed by atoms with E-state index in [0.29, 0.717) is 6.42 Å². The number of ether oxygens (including phenoxy) is 2. The van der Waals surface area contributed by atoms with Gasteiger partial charge in [0.15, 0.2) is 0 Å². The molecule has 0 saturated heterocycles. The van der Waals surface area contributed by atoms with Gasteiger partial charge in [0.2, 0.25) is 5.91 Å². The van der Waals surface area contributed by atoms with Gasteiger partial charge in [-0.05, 0) is 45.1 Å². The van der Waals surface area contributed by atoms with Gasteiger partial charge in [-0.3, -0.25) is 9.59 Å². The number of amides is 3. The van der Waals surface area contributed by atoms with Crippen molar-refractivity contribution in [1.82, 2.24) is 16.0 Å². The lowest BCUT2D eigenvalue weighted by Gasteiger charge is -2.31. The molecule has 10 nitrogen and oxygen atoms in total. The molecule has 0 aliphatic heterocycles. The Balaban J connectivity index is 2.95. The number of nitrogens with one attached hydrogen (secondary N) is 3. The Morgan fingerprint density at radius 2 is 1.50 bits per heavy atom. The molecular weight excluding hydrogens is 528 g/mol. The van der Waals surface area contributed by atoms with Crippen LogP contribution < -0.4 is 16.0 Å². The highest BCUT2D eigenvalue weighted by atomic mass is 19.3. The summed E-state index contributed by atoms with van der Waals surface area (Å²) in [6.07, 6.45) is -3.18.